The molecule has 0 amide bonds. The SMILES string of the molecule is C=C(NC(Cc1cccc(-c2ccc3c(c2)c(CC(C)(C)CC(C)=O)c(-c2cc(N4CCN(C5CC5)CC4)cnc2C(C)C)n3CC(C)(O)O)c1)C(=C)N1CCCCN1)C(C1CCCC1)N(C)CCC1CCN(C(=C)C2C(C3CC3)N2C)C1.CC. The number of nitrogens with zero attached hydrogens (tertiary/aromatic N) is 8. The molecule has 2 aromatic heterocycles. The largest absolute Gasteiger partial charge is 0.379 e. The highest BCUT2D eigenvalue weighted by molar-refractivity contribution is 5.96. The Kier molecular flexibility index (Phi) is 19.8. The van der Waals surface area contributed by atoms with Gasteiger partial charge in [-0.2, -0.15) is 0 Å². The molecule has 464 valence electrons. The molecule has 7 fully saturated rings. The number of carbonyl (C=O) groups excluding carboxylic acids is 1. The lowest BCUT2D eigenvalue weighted by atomic mass is 9.79. The molecule has 0 spiro atoms. The summed E-state index contributed by atoms with van der Waals surface area (Å²) in [4.78, 5) is 31.2. The van der Waals surface area contributed by atoms with Gasteiger partial charge in [0.2, 0.25) is 0 Å². The van der Waals surface area contributed by atoms with Crippen molar-refractivity contribution in [1.29, 1.82) is 0 Å². The van der Waals surface area contributed by atoms with Crippen molar-refractivity contribution in [2.75, 3.05) is 77.9 Å². The summed E-state index contributed by atoms with van der Waals surface area (Å²) in [5, 5.41) is 30.2. The number of hydrogen-bond acceptors (Lipinski definition) is 12. The van der Waals surface area contributed by atoms with Gasteiger partial charge in [-0.25, -0.2) is 5.43 Å². The highest BCUT2D eigenvalue weighted by Gasteiger charge is 2.55. The van der Waals surface area contributed by atoms with Crippen molar-refractivity contribution >= 4 is 22.4 Å². The summed E-state index contributed by atoms with van der Waals surface area (Å²) in [7, 11) is 4.65. The van der Waals surface area contributed by atoms with Crippen molar-refractivity contribution in [2.45, 2.75) is 200 Å². The van der Waals surface area contributed by atoms with Gasteiger partial charge in [0.05, 0.1) is 47.9 Å². The second kappa shape index (κ2) is 26.8. The number of benzene rings is 2. The molecule has 13 heteroatoms. The minimum atomic E-state index is -2.00. The Morgan fingerprint density at radius 1 is 0.882 bits per heavy atom. The van der Waals surface area contributed by atoms with E-state index in [-0.39, 0.29) is 35.7 Å². The highest BCUT2D eigenvalue weighted by Crippen LogP contribution is 2.49. The summed E-state index contributed by atoms with van der Waals surface area (Å²) in [5.41, 5.74) is 16.3. The zero-order valence-electron chi connectivity index (χ0n) is 54.1. The van der Waals surface area contributed by atoms with E-state index in [1.165, 1.54) is 82.4 Å². The van der Waals surface area contributed by atoms with Crippen LogP contribution in [0.5, 0.6) is 0 Å². The third-order valence-electron chi connectivity index (χ3n) is 20.2. The normalized spacial score (nSPS) is 23.2. The van der Waals surface area contributed by atoms with E-state index < -0.39 is 5.79 Å². The summed E-state index contributed by atoms with van der Waals surface area (Å²) >= 11 is 0. The Morgan fingerprint density at radius 2 is 1.61 bits per heavy atom. The molecule has 11 rings (SSSR count). The van der Waals surface area contributed by atoms with Gasteiger partial charge in [-0.1, -0.05) is 104 Å². The Bertz CT molecular complexity index is 2980. The summed E-state index contributed by atoms with van der Waals surface area (Å²) in [6.45, 7) is 39.5. The number of piperazine rings is 1. The zero-order chi connectivity index (χ0) is 60.5. The van der Waals surface area contributed by atoms with Crippen LogP contribution in [0.3, 0.4) is 0 Å². The fourth-order valence-electron chi connectivity index (χ4n) is 15.7. The molecule has 13 nitrogen and oxygen atoms in total. The molecule has 7 aliphatic rings. The van der Waals surface area contributed by atoms with E-state index in [0.717, 1.165) is 158 Å². The van der Waals surface area contributed by atoms with Gasteiger partial charge in [-0.3, -0.25) is 19.7 Å². The first-order chi connectivity index (χ1) is 40.7. The number of ketones is 1. The number of fused-ring (bicyclic) bond motifs is 1. The number of likely N-dealkylation sites (tertiary alicyclic amines) is 1. The average molecular weight is 1160 g/mol. The van der Waals surface area contributed by atoms with E-state index in [9.17, 15) is 15.0 Å². The van der Waals surface area contributed by atoms with Gasteiger partial charge in [0.15, 0.2) is 5.79 Å². The molecular weight excluding hydrogens is 1050 g/mol. The predicted molar refractivity (Wildman–Crippen MR) is 351 cm³/mol. The van der Waals surface area contributed by atoms with Crippen molar-refractivity contribution in [3.63, 3.8) is 0 Å². The number of aliphatic hydroxyl groups is 2. The van der Waals surface area contributed by atoms with Crippen LogP contribution in [0.2, 0.25) is 0 Å². The lowest BCUT2D eigenvalue weighted by Gasteiger charge is -2.40. The lowest BCUT2D eigenvalue weighted by molar-refractivity contribution is -0.153. The summed E-state index contributed by atoms with van der Waals surface area (Å²) in [5.74, 6) is 0.381. The molecule has 4 aromatic rings. The molecule has 3 aliphatic carbocycles. The maximum atomic E-state index is 13.0. The fourth-order valence-corrected chi connectivity index (χ4v) is 15.7. The molecule has 6 heterocycles. The molecule has 85 heavy (non-hydrogen) atoms. The quantitative estimate of drug-likeness (QED) is 0.0354. The number of pyridine rings is 1. The number of likely N-dealkylation sites (N-methyl/N-ethyl adjacent to an activating group) is 2. The monoisotopic (exact) mass is 1160 g/mol. The van der Waals surface area contributed by atoms with E-state index in [1.807, 2.05) is 20.0 Å². The molecule has 6 unspecified atom stereocenters. The van der Waals surface area contributed by atoms with E-state index in [0.29, 0.717) is 30.7 Å². The smallest absolute Gasteiger partial charge is 0.178 e. The second-order valence-corrected chi connectivity index (χ2v) is 28.3. The van der Waals surface area contributed by atoms with Crippen LogP contribution in [-0.4, -0.2) is 159 Å². The Morgan fingerprint density at radius 3 is 2.27 bits per heavy atom. The minimum absolute atomic E-state index is 0.0374. The van der Waals surface area contributed by atoms with Gasteiger partial charge in [-0.15, -0.1) is 0 Å². The molecule has 0 radical (unpaired) electrons. The average Bonchev–Trinajstić information content (AvgIpc) is 1.93. The molecule has 4 saturated heterocycles. The summed E-state index contributed by atoms with van der Waals surface area (Å²) in [6, 6.07) is 20.2. The summed E-state index contributed by atoms with van der Waals surface area (Å²) in [6.07, 6.45) is 18.9. The van der Waals surface area contributed by atoms with Crippen molar-refractivity contribution in [2.24, 2.45) is 23.2 Å². The van der Waals surface area contributed by atoms with Crippen LogP contribution in [-0.2, 0) is 24.2 Å². The first kappa shape index (κ1) is 63.0. The number of carbonyl (C=O) groups is 1. The molecule has 4 N–H and O–H groups in total. The zero-order valence-corrected chi connectivity index (χ0v) is 54.1. The van der Waals surface area contributed by atoms with Crippen LogP contribution in [0.4, 0.5) is 5.69 Å². The number of anilines is 1. The lowest BCUT2D eigenvalue weighted by Crippen LogP contribution is -2.51. The first-order valence-electron chi connectivity index (χ1n) is 33.4. The van der Waals surface area contributed by atoms with Crippen molar-refractivity contribution in [3.8, 4) is 22.4 Å². The molecule has 2 aromatic carbocycles. The van der Waals surface area contributed by atoms with Gasteiger partial charge < -0.3 is 39.7 Å². The van der Waals surface area contributed by atoms with Gasteiger partial charge in [0.25, 0.3) is 0 Å². The number of aromatic nitrogens is 2. The predicted octanol–water partition coefficient (Wildman–Crippen LogP) is 12.0. The van der Waals surface area contributed by atoms with Crippen molar-refractivity contribution in [1.82, 2.24) is 44.9 Å². The van der Waals surface area contributed by atoms with Crippen LogP contribution in [0, 0.1) is 23.2 Å². The third-order valence-corrected chi connectivity index (χ3v) is 20.2. The Hall–Kier alpha value is -5.02. The van der Waals surface area contributed by atoms with Crippen molar-refractivity contribution < 1.29 is 15.0 Å². The van der Waals surface area contributed by atoms with Gasteiger partial charge in [0, 0.05) is 104 Å². The molecule has 0 bridgehead atoms. The van der Waals surface area contributed by atoms with E-state index >= 15 is 0 Å². The maximum absolute atomic E-state index is 13.0. The highest BCUT2D eigenvalue weighted by atomic mass is 16.5. The Labute approximate surface area is 511 Å². The Balaban J connectivity index is 0.00000397. The number of Topliss-reactive ketones (excluding diaryl/α,β-unsaturated/α-hetero) is 1. The van der Waals surface area contributed by atoms with E-state index in [1.54, 1.807) is 6.92 Å². The third kappa shape index (κ3) is 14.9. The number of hydrogen-bond donors (Lipinski definition) is 4. The number of hydrazine groups is 1. The number of rotatable bonds is 26. The second-order valence-electron chi connectivity index (χ2n) is 28.3. The van der Waals surface area contributed by atoms with Gasteiger partial charge in [-0.05, 0) is 181 Å². The van der Waals surface area contributed by atoms with Crippen LogP contribution in [0.25, 0.3) is 33.3 Å². The topological polar surface area (TPSA) is 119 Å². The standard InChI is InChI=1S/C70H102N10O3.C2H6/c1-46(2)64-60(40-58(43-71-64)77-35-33-76(34-36-77)57-24-25-57)68-61(42-69(7,8)41-47(3)81)59-39-56(23-26-63(59)79(68)45-70(9,82)83)55-20-16-17-52(37-55)38-62(49(5)80-30-15-14-29-72-80)73-48(4)65(53-18-12-13-19-53)74(10)31-27-51-28-32-78(44-51)50(6)66-67(75(66)11)54-21-22-54;1-2/h16-17,20,23,26,37,39-40,43,46,51,53-54,57,62,65-67,72-73,82-83H,4-6,12-15,18-19,21-22,24-25,27-36,38,41-42,44-45H2,1-3,7-11H3;1-2H3. The molecule has 3 saturated carbocycles. The summed E-state index contributed by atoms with van der Waals surface area (Å²) < 4.78 is 2.13. The van der Waals surface area contributed by atoms with Crippen LogP contribution >= 0.6 is 0 Å². The molecule has 4 aliphatic heterocycles. The first-order valence-corrected chi connectivity index (χ1v) is 33.4. The van der Waals surface area contributed by atoms with E-state index in [4.69, 9.17) is 18.1 Å². The van der Waals surface area contributed by atoms with Crippen LogP contribution in [0.1, 0.15) is 162 Å². The molecular formula is C72H108N10O3. The number of nitrogens with one attached hydrogen (secondary N) is 2. The van der Waals surface area contributed by atoms with Crippen LogP contribution in [0.15, 0.2) is 91.6 Å². The van der Waals surface area contributed by atoms with Gasteiger partial charge >= 0.3 is 0 Å². The van der Waals surface area contributed by atoms with E-state index in [2.05, 4.69) is 142 Å². The van der Waals surface area contributed by atoms with Crippen LogP contribution < -0.4 is 15.6 Å². The van der Waals surface area contributed by atoms with Crippen molar-refractivity contribution in [3.05, 3.63) is 108 Å². The molecule has 6 atom stereocenters. The minimum Gasteiger partial charge on any atom is -0.379 e. The van der Waals surface area contributed by atoms with Gasteiger partial charge in [0.1, 0.15) is 5.78 Å². The maximum Gasteiger partial charge on any atom is 0.178 e. The fraction of sp³-hybridized carbons (Fsp3) is 0.639.